The van der Waals surface area contributed by atoms with Gasteiger partial charge in [-0.05, 0) is 142 Å². The molecule has 0 spiro atoms. The van der Waals surface area contributed by atoms with E-state index in [2.05, 4.69) is 95.6 Å². The Morgan fingerprint density at radius 1 is 0.310 bits per heavy atom. The van der Waals surface area contributed by atoms with Gasteiger partial charge >= 0.3 is 71.6 Å². The van der Waals surface area contributed by atoms with Gasteiger partial charge in [0.25, 0.3) is 0 Å². The van der Waals surface area contributed by atoms with Crippen molar-refractivity contribution in [1.29, 1.82) is 0 Å². The van der Waals surface area contributed by atoms with E-state index in [-0.39, 0.29) is 44.9 Å². The summed E-state index contributed by atoms with van der Waals surface area (Å²) >= 11 is 18.5. The molecular formula is C56H84Br6O25. The lowest BCUT2D eigenvalue weighted by Gasteiger charge is -2.38. The minimum atomic E-state index is -2.09. The van der Waals surface area contributed by atoms with Crippen molar-refractivity contribution in [2.45, 2.75) is 170 Å². The van der Waals surface area contributed by atoms with Crippen LogP contribution in [0.1, 0.15) is 142 Å². The number of carboxylic acid groups (broad SMARTS) is 6. The third-order valence-corrected chi connectivity index (χ3v) is 18.4. The number of esters is 6. The van der Waals surface area contributed by atoms with Crippen molar-refractivity contribution in [2.75, 3.05) is 52.9 Å². The van der Waals surface area contributed by atoms with E-state index in [0.29, 0.717) is 0 Å². The molecule has 6 N–H and O–H groups in total. The Hall–Kier alpha value is -3.52. The Morgan fingerprint density at radius 3 is 0.713 bits per heavy atom. The van der Waals surface area contributed by atoms with Gasteiger partial charge in [0.2, 0.25) is 0 Å². The number of carbonyl (C=O) groups excluding carboxylic acids is 6. The summed E-state index contributed by atoms with van der Waals surface area (Å²) in [6.45, 7) is 12.7. The van der Waals surface area contributed by atoms with Crippen molar-refractivity contribution in [3.8, 4) is 0 Å². The molecule has 0 amide bonds. The standard InChI is InChI=1S/C56H84Br6O25/c1-48(2,16-15-31(57)37(65)66)42(75)82-24-55(26-84-44(77)50(5,6)18-32(58)38(67)68,27-85-45(78)51(7,8)19-33(59)39(69)70)22-81-23-56(28-86-46(79)52(9,10)20-34(60)40(71)72,29-87-47(80)53(11,12)21-35(61)41(73)74)25-83-43(76)49(3,4)17-30(36(63)64)54(13,14)62/h30-35H,15-29H2,1-14H3,(H,63,64)(H,65,66)(H,67,68)(H,69,70)(H,71,72)(H,73,74). The maximum Gasteiger partial charge on any atom is 0.317 e. The molecule has 0 bridgehead atoms. The number of hydrogen-bond acceptors (Lipinski definition) is 19. The summed E-state index contributed by atoms with van der Waals surface area (Å²) in [6.07, 6.45) is -1.84. The van der Waals surface area contributed by atoms with Gasteiger partial charge in [-0.1, -0.05) is 95.6 Å². The number of alkyl halides is 6. The Labute approximate surface area is 557 Å². The monoisotopic (exact) mass is 1630 g/mol. The maximum atomic E-state index is 14.4. The van der Waals surface area contributed by atoms with Crippen LogP contribution in [0.5, 0.6) is 0 Å². The second kappa shape index (κ2) is 34.2. The van der Waals surface area contributed by atoms with Crippen molar-refractivity contribution >= 4 is 167 Å². The van der Waals surface area contributed by atoms with Crippen LogP contribution in [0.3, 0.4) is 0 Å². The second-order valence-corrected chi connectivity index (χ2v) is 33.9. The molecule has 25 nitrogen and oxygen atoms in total. The number of rotatable bonds is 42. The van der Waals surface area contributed by atoms with Gasteiger partial charge in [-0.2, -0.15) is 0 Å². The van der Waals surface area contributed by atoms with Crippen LogP contribution in [-0.2, 0) is 90.7 Å². The van der Waals surface area contributed by atoms with E-state index in [1.54, 1.807) is 13.8 Å². The lowest BCUT2D eigenvalue weighted by Crippen LogP contribution is -2.49. The summed E-state index contributed by atoms with van der Waals surface area (Å²) in [4.78, 5) is 151. The molecule has 87 heavy (non-hydrogen) atoms. The number of ether oxygens (including phenoxy) is 7. The van der Waals surface area contributed by atoms with E-state index in [1.165, 1.54) is 83.1 Å². The van der Waals surface area contributed by atoms with Crippen molar-refractivity contribution in [1.82, 2.24) is 0 Å². The predicted molar refractivity (Wildman–Crippen MR) is 332 cm³/mol. The number of aliphatic carboxylic acids is 6. The molecule has 6 unspecified atom stereocenters. The van der Waals surface area contributed by atoms with Crippen LogP contribution in [0.2, 0.25) is 0 Å². The molecule has 0 fully saturated rings. The molecule has 0 aromatic heterocycles. The molecule has 0 aliphatic rings. The van der Waals surface area contributed by atoms with Gasteiger partial charge in [-0.3, -0.25) is 57.5 Å². The van der Waals surface area contributed by atoms with E-state index < -0.39 is 202 Å². The summed E-state index contributed by atoms with van der Waals surface area (Å²) in [6, 6.07) is 0. The fraction of sp³-hybridized carbons (Fsp3) is 0.786. The molecule has 0 aliphatic heterocycles. The minimum absolute atomic E-state index is 0.0740. The smallest absolute Gasteiger partial charge is 0.317 e. The molecular weight excluding hydrogens is 1550 g/mol. The first-order chi connectivity index (χ1) is 39.1. The van der Waals surface area contributed by atoms with E-state index in [1.807, 2.05) is 0 Å². The quantitative estimate of drug-likeness (QED) is 0.0188. The molecule has 0 aromatic rings. The zero-order valence-electron chi connectivity index (χ0n) is 51.3. The van der Waals surface area contributed by atoms with Gasteiger partial charge in [0, 0.05) is 4.32 Å². The first-order valence-electron chi connectivity index (χ1n) is 27.0. The van der Waals surface area contributed by atoms with Crippen molar-refractivity contribution < 1.29 is 121 Å². The molecule has 0 rings (SSSR count). The molecule has 500 valence electrons. The molecule has 0 aromatic carbocycles. The second-order valence-electron chi connectivity index (χ2n) is 26.3. The summed E-state index contributed by atoms with van der Waals surface area (Å²) < 4.78 is 40.8. The normalized spacial score (nSPS) is 16.1. The Morgan fingerprint density at radius 2 is 0.517 bits per heavy atom. The molecule has 6 atom stereocenters. The highest BCUT2D eigenvalue weighted by atomic mass is 79.9. The van der Waals surface area contributed by atoms with Crippen LogP contribution in [0, 0.1) is 49.2 Å². The molecule has 31 heteroatoms. The van der Waals surface area contributed by atoms with Gasteiger partial charge in [0.1, 0.15) is 63.8 Å². The Bertz CT molecular complexity index is 2370. The summed E-state index contributed by atoms with van der Waals surface area (Å²) in [7, 11) is 0. The van der Waals surface area contributed by atoms with Crippen LogP contribution >= 0.6 is 95.6 Å². The number of carbonyl (C=O) groups is 12. The Kier molecular flexibility index (Phi) is 32.8. The van der Waals surface area contributed by atoms with E-state index in [0.717, 1.165) is 0 Å². The van der Waals surface area contributed by atoms with Crippen molar-refractivity contribution in [3.05, 3.63) is 0 Å². The zero-order chi connectivity index (χ0) is 68.4. The van der Waals surface area contributed by atoms with E-state index >= 15 is 0 Å². The van der Waals surface area contributed by atoms with Crippen LogP contribution in [0.15, 0.2) is 0 Å². The lowest BCUT2D eigenvalue weighted by atomic mass is 9.78. The molecule has 0 heterocycles. The first-order valence-corrected chi connectivity index (χ1v) is 32.4. The van der Waals surface area contributed by atoms with Crippen molar-refractivity contribution in [2.24, 2.45) is 49.2 Å². The van der Waals surface area contributed by atoms with Crippen molar-refractivity contribution in [3.63, 3.8) is 0 Å². The largest absolute Gasteiger partial charge is 0.481 e. The highest BCUT2D eigenvalue weighted by Gasteiger charge is 2.48. The lowest BCUT2D eigenvalue weighted by molar-refractivity contribution is -0.186. The van der Waals surface area contributed by atoms with Gasteiger partial charge in [0.05, 0.1) is 62.5 Å². The molecule has 0 aliphatic carbocycles. The van der Waals surface area contributed by atoms with E-state index in [4.69, 9.17) is 33.2 Å². The van der Waals surface area contributed by atoms with E-state index in [9.17, 15) is 88.2 Å². The van der Waals surface area contributed by atoms with Gasteiger partial charge in [-0.25, -0.2) is 0 Å². The third kappa shape index (κ3) is 28.3. The SMILES string of the molecule is CC(C)(CCC(Br)C(=O)O)C(=O)OCC(COCC(COC(=O)C(C)(C)CC(Br)C(=O)O)(COC(=O)C(C)(C)CC(Br)C(=O)O)COC(=O)C(C)(C)CC(C(=O)O)C(C)(C)Br)(COC(=O)C(C)(C)CC(Br)C(=O)O)COC(=O)C(C)(C)CC(Br)C(=O)O. The molecule has 0 saturated carbocycles. The summed E-state index contributed by atoms with van der Waals surface area (Å²) in [5.74, 6) is -15.1. The van der Waals surface area contributed by atoms with Gasteiger partial charge in [-0.15, -0.1) is 0 Å². The number of carboxylic acids is 6. The van der Waals surface area contributed by atoms with Crippen LogP contribution < -0.4 is 0 Å². The zero-order valence-corrected chi connectivity index (χ0v) is 60.8. The van der Waals surface area contributed by atoms with Crippen LogP contribution in [-0.4, -0.2) is 184 Å². The maximum absolute atomic E-state index is 14.4. The average molecular weight is 1640 g/mol. The third-order valence-electron chi connectivity index (χ3n) is 14.2. The molecule has 0 saturated heterocycles. The topological polar surface area (TPSA) is 391 Å². The average Bonchev–Trinajstić information content (AvgIpc) is 3.21. The first kappa shape index (κ1) is 83.5. The van der Waals surface area contributed by atoms with Gasteiger partial charge < -0.3 is 63.8 Å². The van der Waals surface area contributed by atoms with Crippen LogP contribution in [0.25, 0.3) is 0 Å². The highest BCUT2D eigenvalue weighted by Crippen LogP contribution is 2.40. The predicted octanol–water partition coefficient (Wildman–Crippen LogP) is 9.24. The van der Waals surface area contributed by atoms with Crippen LogP contribution in [0.4, 0.5) is 0 Å². The fourth-order valence-corrected chi connectivity index (χ4v) is 11.7. The number of halogens is 6. The summed E-state index contributed by atoms with van der Waals surface area (Å²) in [5.41, 5.74) is -13.5. The number of hydrogen-bond donors (Lipinski definition) is 6. The minimum Gasteiger partial charge on any atom is -0.481 e. The van der Waals surface area contributed by atoms with Gasteiger partial charge in [0.15, 0.2) is 0 Å². The summed E-state index contributed by atoms with van der Waals surface area (Å²) in [5, 5.41) is 58.5. The fourth-order valence-electron chi connectivity index (χ4n) is 7.87. The molecule has 0 radical (unpaired) electrons. The highest BCUT2D eigenvalue weighted by molar-refractivity contribution is 9.10. The Balaban J connectivity index is 8.66.